The molecule has 0 spiro atoms. The van der Waals surface area contributed by atoms with Crippen LogP contribution in [0.4, 0.5) is 5.95 Å². The maximum absolute atomic E-state index is 12.3. The molecule has 10 heteroatoms. The Balaban J connectivity index is 1.59. The molecule has 0 saturated heterocycles. The van der Waals surface area contributed by atoms with E-state index in [-0.39, 0.29) is 11.9 Å². The number of carbonyl (C=O) groups excluding carboxylic acids is 1. The van der Waals surface area contributed by atoms with Crippen LogP contribution in [0.2, 0.25) is 0 Å². The van der Waals surface area contributed by atoms with Crippen LogP contribution in [0, 0.1) is 0 Å². The molecule has 0 unspecified atom stereocenters. The van der Waals surface area contributed by atoms with Crippen molar-refractivity contribution in [2.45, 2.75) is 0 Å². The first-order valence-corrected chi connectivity index (χ1v) is 7.05. The van der Waals surface area contributed by atoms with Crippen LogP contribution in [-0.2, 0) is 0 Å². The zero-order valence-corrected chi connectivity index (χ0v) is 11.8. The van der Waals surface area contributed by atoms with Crippen molar-refractivity contribution in [1.82, 2.24) is 34.8 Å². The lowest BCUT2D eigenvalue weighted by Gasteiger charge is -1.98. The number of hydrogen-bond donors (Lipinski definition) is 2. The number of aromatic nitrogens is 7. The molecule has 0 saturated carbocycles. The van der Waals surface area contributed by atoms with E-state index in [9.17, 15) is 4.79 Å². The number of aromatic amines is 1. The molecule has 0 aliphatic heterocycles. The van der Waals surface area contributed by atoms with E-state index in [4.69, 9.17) is 0 Å². The van der Waals surface area contributed by atoms with E-state index in [2.05, 4.69) is 35.6 Å². The van der Waals surface area contributed by atoms with Gasteiger partial charge in [0.2, 0.25) is 0 Å². The summed E-state index contributed by atoms with van der Waals surface area (Å²) in [5, 5.41) is 13.9. The van der Waals surface area contributed by atoms with Crippen molar-refractivity contribution in [2.75, 3.05) is 5.32 Å². The van der Waals surface area contributed by atoms with Crippen LogP contribution in [0.15, 0.2) is 37.1 Å². The predicted octanol–water partition coefficient (Wildman–Crippen LogP) is 1.22. The van der Waals surface area contributed by atoms with Crippen LogP contribution in [0.1, 0.15) is 9.67 Å². The number of nitrogens with one attached hydrogen (secondary N) is 2. The average molecular weight is 312 g/mol. The second-order valence-corrected chi connectivity index (χ2v) is 5.30. The van der Waals surface area contributed by atoms with Crippen molar-refractivity contribution in [2.24, 2.45) is 0 Å². The fraction of sp³-hybridized carbons (Fsp3) is 0. The molecule has 0 aliphatic carbocycles. The highest BCUT2D eigenvalue weighted by Gasteiger charge is 2.15. The third-order valence-corrected chi connectivity index (χ3v) is 3.94. The molecule has 0 atom stereocenters. The van der Waals surface area contributed by atoms with Crippen LogP contribution >= 0.6 is 11.3 Å². The second kappa shape index (κ2) is 5.00. The van der Waals surface area contributed by atoms with E-state index in [1.54, 1.807) is 12.4 Å². The van der Waals surface area contributed by atoms with Gasteiger partial charge in [0.05, 0.1) is 6.20 Å². The van der Waals surface area contributed by atoms with Crippen molar-refractivity contribution in [3.63, 3.8) is 0 Å². The van der Waals surface area contributed by atoms with Crippen molar-refractivity contribution in [3.8, 4) is 10.6 Å². The van der Waals surface area contributed by atoms with E-state index >= 15 is 0 Å². The lowest BCUT2D eigenvalue weighted by atomic mass is 10.3. The normalized spacial score (nSPS) is 10.9. The Morgan fingerprint density at radius 1 is 1.23 bits per heavy atom. The van der Waals surface area contributed by atoms with Gasteiger partial charge < -0.3 is 0 Å². The summed E-state index contributed by atoms with van der Waals surface area (Å²) in [7, 11) is 0. The van der Waals surface area contributed by atoms with Gasteiger partial charge in [-0.15, -0.1) is 21.5 Å². The van der Waals surface area contributed by atoms with E-state index < -0.39 is 0 Å². The number of anilines is 1. The standard InChI is InChI=1S/C12H8N8OS/c21-9(17-12-19-18-11-15-6-16-20(11)12)8-5-14-10(22-8)7-1-3-13-4-2-7/h1-6H,(H,15,16,18)(H,17,19,21). The fourth-order valence-electron chi connectivity index (χ4n) is 1.87. The molecule has 4 rings (SSSR count). The summed E-state index contributed by atoms with van der Waals surface area (Å²) >= 11 is 1.29. The number of thiazole rings is 1. The van der Waals surface area contributed by atoms with Gasteiger partial charge in [-0.25, -0.2) is 4.98 Å². The third-order valence-electron chi connectivity index (χ3n) is 2.89. The summed E-state index contributed by atoms with van der Waals surface area (Å²) in [5.41, 5.74) is 0.914. The Labute approximate surface area is 127 Å². The fourth-order valence-corrected chi connectivity index (χ4v) is 2.69. The van der Waals surface area contributed by atoms with Crippen LogP contribution in [0.3, 0.4) is 0 Å². The lowest BCUT2D eigenvalue weighted by molar-refractivity contribution is 0.102. The van der Waals surface area contributed by atoms with Gasteiger partial charge in [0, 0.05) is 18.0 Å². The smallest absolute Gasteiger partial charge is 0.273 e. The van der Waals surface area contributed by atoms with Gasteiger partial charge >= 0.3 is 0 Å². The molecule has 0 fully saturated rings. The Hall–Kier alpha value is -3.14. The number of fused-ring (bicyclic) bond motifs is 1. The molecule has 2 N–H and O–H groups in total. The lowest BCUT2D eigenvalue weighted by Crippen LogP contribution is -2.13. The molecule has 4 aromatic heterocycles. The minimum Gasteiger partial charge on any atom is -0.288 e. The van der Waals surface area contributed by atoms with Crippen LogP contribution in [0.25, 0.3) is 16.3 Å². The van der Waals surface area contributed by atoms with Crippen LogP contribution in [-0.4, -0.2) is 40.7 Å². The molecule has 4 aromatic rings. The minimum atomic E-state index is -0.304. The van der Waals surface area contributed by atoms with Crippen LogP contribution in [0.5, 0.6) is 0 Å². The highest BCUT2D eigenvalue weighted by molar-refractivity contribution is 7.17. The molecule has 0 radical (unpaired) electrons. The zero-order chi connectivity index (χ0) is 14.9. The average Bonchev–Trinajstić information content (AvgIpc) is 3.26. The summed E-state index contributed by atoms with van der Waals surface area (Å²) in [4.78, 5) is 24.9. The largest absolute Gasteiger partial charge is 0.288 e. The van der Waals surface area contributed by atoms with Gasteiger partial charge in [0.25, 0.3) is 17.6 Å². The Bertz CT molecular complexity index is 940. The molecule has 1 amide bonds. The third kappa shape index (κ3) is 2.11. The quantitative estimate of drug-likeness (QED) is 0.588. The van der Waals surface area contributed by atoms with Gasteiger partial charge in [-0.2, -0.15) is 9.50 Å². The van der Waals surface area contributed by atoms with Crippen molar-refractivity contribution in [1.29, 1.82) is 0 Å². The molecular formula is C12H8N8OS. The summed E-state index contributed by atoms with van der Waals surface area (Å²) in [5.74, 6) is 0.357. The number of hydrogen-bond acceptors (Lipinski definition) is 7. The number of pyridine rings is 1. The molecule has 0 aromatic carbocycles. The highest BCUT2D eigenvalue weighted by atomic mass is 32.1. The van der Waals surface area contributed by atoms with Crippen molar-refractivity contribution in [3.05, 3.63) is 41.9 Å². The first-order valence-electron chi connectivity index (χ1n) is 6.23. The predicted molar refractivity (Wildman–Crippen MR) is 78.4 cm³/mol. The highest BCUT2D eigenvalue weighted by Crippen LogP contribution is 2.24. The molecule has 9 nitrogen and oxygen atoms in total. The van der Waals surface area contributed by atoms with E-state index in [0.29, 0.717) is 10.7 Å². The van der Waals surface area contributed by atoms with Crippen molar-refractivity contribution >= 4 is 29.0 Å². The molecule has 4 heterocycles. The molecule has 0 aliphatic rings. The first kappa shape index (κ1) is 12.6. The number of amides is 1. The summed E-state index contributed by atoms with van der Waals surface area (Å²) < 4.78 is 1.47. The van der Waals surface area contributed by atoms with Gasteiger partial charge in [-0.3, -0.25) is 20.2 Å². The Morgan fingerprint density at radius 3 is 2.95 bits per heavy atom. The molecular weight excluding hydrogens is 304 g/mol. The maximum Gasteiger partial charge on any atom is 0.273 e. The van der Waals surface area contributed by atoms with Gasteiger partial charge in [0.15, 0.2) is 0 Å². The molecule has 108 valence electrons. The monoisotopic (exact) mass is 312 g/mol. The van der Waals surface area contributed by atoms with Gasteiger partial charge in [-0.05, 0) is 12.1 Å². The maximum atomic E-state index is 12.3. The van der Waals surface area contributed by atoms with E-state index in [1.165, 1.54) is 28.4 Å². The summed E-state index contributed by atoms with van der Waals surface area (Å²) in [6, 6.07) is 3.68. The summed E-state index contributed by atoms with van der Waals surface area (Å²) in [6.07, 6.45) is 6.36. The number of carbonyl (C=O) groups is 1. The summed E-state index contributed by atoms with van der Waals surface area (Å²) in [6.45, 7) is 0. The first-order chi connectivity index (χ1) is 10.8. The number of H-pyrrole nitrogens is 1. The topological polar surface area (TPSA) is 114 Å². The minimum absolute atomic E-state index is 0.274. The van der Waals surface area contributed by atoms with Gasteiger partial charge in [-0.1, -0.05) is 0 Å². The van der Waals surface area contributed by atoms with Crippen molar-refractivity contribution < 1.29 is 4.79 Å². The molecule has 0 bridgehead atoms. The number of rotatable bonds is 3. The SMILES string of the molecule is O=C(Nc1nnc2nc[nH]n12)c1cnc(-c2ccncc2)s1. The Morgan fingerprint density at radius 2 is 2.09 bits per heavy atom. The van der Waals surface area contributed by atoms with E-state index in [0.717, 1.165) is 10.6 Å². The number of nitrogens with zero attached hydrogens (tertiary/aromatic N) is 6. The Kier molecular flexibility index (Phi) is 2.86. The molecule has 22 heavy (non-hydrogen) atoms. The zero-order valence-electron chi connectivity index (χ0n) is 11.0. The van der Waals surface area contributed by atoms with E-state index in [1.807, 2.05) is 12.1 Å². The van der Waals surface area contributed by atoms with Gasteiger partial charge in [0.1, 0.15) is 16.2 Å². The second-order valence-electron chi connectivity index (χ2n) is 4.27. The van der Waals surface area contributed by atoms with Crippen LogP contribution < -0.4 is 5.32 Å².